The molecule has 1 aromatic carbocycles. The second-order valence-electron chi connectivity index (χ2n) is 4.75. The third-order valence-electron chi connectivity index (χ3n) is 3.18. The fourth-order valence-corrected chi connectivity index (χ4v) is 2.13. The van der Waals surface area contributed by atoms with Gasteiger partial charge in [-0.2, -0.15) is 0 Å². The number of hydrogen-bond donors (Lipinski definition) is 2. The molecule has 1 aliphatic heterocycles. The Kier molecular flexibility index (Phi) is 4.37. The summed E-state index contributed by atoms with van der Waals surface area (Å²) in [4.78, 5) is 11.8. The highest BCUT2D eigenvalue weighted by Crippen LogP contribution is 2.28. The number of carbonyl (C=O) groups excluding carboxylic acids is 1. The van der Waals surface area contributed by atoms with Crippen LogP contribution in [0, 0.1) is 5.82 Å². The smallest absolute Gasteiger partial charge is 0.261 e. The summed E-state index contributed by atoms with van der Waals surface area (Å²) in [5, 5.41) is 12.4. The summed E-state index contributed by atoms with van der Waals surface area (Å²) in [6, 6.07) is 3.95. The van der Waals surface area contributed by atoms with Crippen molar-refractivity contribution in [3.63, 3.8) is 0 Å². The largest absolute Gasteiger partial charge is 0.480 e. The van der Waals surface area contributed by atoms with Gasteiger partial charge in [0.2, 0.25) is 0 Å². The van der Waals surface area contributed by atoms with Crippen LogP contribution in [0.4, 0.5) is 4.39 Å². The summed E-state index contributed by atoms with van der Waals surface area (Å²) in [5.74, 6) is -0.399. The number of hydrogen-bond acceptors (Lipinski definition) is 3. The monoisotopic (exact) mass is 267 g/mol. The summed E-state index contributed by atoms with van der Waals surface area (Å²) in [5.41, 5.74) is 0.485. The fourth-order valence-electron chi connectivity index (χ4n) is 2.13. The summed E-state index contributed by atoms with van der Waals surface area (Å²) >= 11 is 0. The highest BCUT2D eigenvalue weighted by Gasteiger charge is 2.24. The van der Waals surface area contributed by atoms with Crippen LogP contribution in [-0.2, 0) is 4.79 Å². The molecule has 1 aromatic rings. The molecule has 0 aliphatic carbocycles. The van der Waals surface area contributed by atoms with E-state index in [2.05, 4.69) is 5.32 Å². The highest BCUT2D eigenvalue weighted by atomic mass is 19.1. The van der Waals surface area contributed by atoms with Crippen LogP contribution in [0.5, 0.6) is 5.75 Å². The van der Waals surface area contributed by atoms with Gasteiger partial charge < -0.3 is 15.2 Å². The number of ether oxygens (including phenoxy) is 1. The fraction of sp³-hybridized carbons (Fsp3) is 0.500. The van der Waals surface area contributed by atoms with Crippen LogP contribution in [0.1, 0.15) is 37.9 Å². The van der Waals surface area contributed by atoms with Gasteiger partial charge in [0.15, 0.2) is 6.10 Å². The van der Waals surface area contributed by atoms with Gasteiger partial charge in [-0.05, 0) is 38.3 Å². The first-order valence-corrected chi connectivity index (χ1v) is 6.50. The van der Waals surface area contributed by atoms with E-state index in [1.165, 1.54) is 18.2 Å². The maximum absolute atomic E-state index is 13.3. The molecule has 5 heteroatoms. The van der Waals surface area contributed by atoms with Crippen LogP contribution in [0.2, 0.25) is 0 Å². The third kappa shape index (κ3) is 3.44. The van der Waals surface area contributed by atoms with Crippen molar-refractivity contribution in [1.29, 1.82) is 0 Å². The second kappa shape index (κ2) is 6.02. The van der Waals surface area contributed by atoms with E-state index in [0.29, 0.717) is 18.5 Å². The van der Waals surface area contributed by atoms with Crippen molar-refractivity contribution in [2.24, 2.45) is 0 Å². The molecule has 0 aromatic heterocycles. The van der Waals surface area contributed by atoms with Gasteiger partial charge in [-0.25, -0.2) is 4.39 Å². The summed E-state index contributed by atoms with van der Waals surface area (Å²) in [6.07, 6.45) is 0.994. The lowest BCUT2D eigenvalue weighted by molar-refractivity contribution is -0.127. The van der Waals surface area contributed by atoms with Gasteiger partial charge in [0, 0.05) is 18.2 Å². The van der Waals surface area contributed by atoms with Gasteiger partial charge in [0.1, 0.15) is 11.6 Å². The van der Waals surface area contributed by atoms with E-state index in [1.54, 1.807) is 6.92 Å². The lowest BCUT2D eigenvalue weighted by Gasteiger charge is -2.19. The van der Waals surface area contributed by atoms with E-state index in [-0.39, 0.29) is 11.7 Å². The molecule has 0 radical (unpaired) electrons. The van der Waals surface area contributed by atoms with Crippen molar-refractivity contribution in [2.45, 2.75) is 38.4 Å². The molecule has 4 nitrogen and oxygen atoms in total. The minimum atomic E-state index is -0.774. The van der Waals surface area contributed by atoms with Gasteiger partial charge in [-0.1, -0.05) is 0 Å². The maximum atomic E-state index is 13.3. The van der Waals surface area contributed by atoms with E-state index >= 15 is 0 Å². The van der Waals surface area contributed by atoms with Crippen molar-refractivity contribution >= 4 is 5.91 Å². The van der Waals surface area contributed by atoms with Crippen LogP contribution in [0.15, 0.2) is 18.2 Å². The molecular weight excluding hydrogens is 249 g/mol. The second-order valence-corrected chi connectivity index (χ2v) is 4.75. The molecule has 104 valence electrons. The molecule has 1 aliphatic rings. The Morgan fingerprint density at radius 2 is 2.26 bits per heavy atom. The van der Waals surface area contributed by atoms with E-state index < -0.39 is 18.0 Å². The number of aliphatic hydroxyl groups is 1. The summed E-state index contributed by atoms with van der Waals surface area (Å²) in [6.45, 7) is 2.22. The molecule has 2 N–H and O–H groups in total. The Morgan fingerprint density at radius 3 is 3.00 bits per heavy atom. The Labute approximate surface area is 111 Å². The number of carbonyl (C=O) groups is 1. The zero-order valence-corrected chi connectivity index (χ0v) is 10.9. The number of benzene rings is 1. The Balaban J connectivity index is 2.21. The third-order valence-corrected chi connectivity index (χ3v) is 3.18. The molecular formula is C14H18FNO3. The highest BCUT2D eigenvalue weighted by molar-refractivity contribution is 5.81. The van der Waals surface area contributed by atoms with Crippen molar-refractivity contribution in [3.05, 3.63) is 29.6 Å². The number of aliphatic hydroxyl groups excluding tert-OH is 1. The van der Waals surface area contributed by atoms with Gasteiger partial charge in [-0.15, -0.1) is 0 Å². The number of halogens is 1. The molecule has 1 unspecified atom stereocenters. The van der Waals surface area contributed by atoms with E-state index in [1.807, 2.05) is 0 Å². The van der Waals surface area contributed by atoms with Crippen LogP contribution in [0.3, 0.4) is 0 Å². The average molecular weight is 267 g/mol. The summed E-state index contributed by atoms with van der Waals surface area (Å²) < 4.78 is 18.9. The van der Waals surface area contributed by atoms with Crippen molar-refractivity contribution < 1.29 is 19.0 Å². The first-order chi connectivity index (χ1) is 9.08. The molecule has 1 heterocycles. The molecule has 2 atom stereocenters. The summed E-state index contributed by atoms with van der Waals surface area (Å²) in [7, 11) is 0. The minimum absolute atomic E-state index is 0.182. The van der Waals surface area contributed by atoms with E-state index in [9.17, 15) is 14.3 Å². The van der Waals surface area contributed by atoms with Gasteiger partial charge in [0.05, 0.1) is 6.10 Å². The van der Waals surface area contributed by atoms with Crippen molar-refractivity contribution in [2.75, 3.05) is 6.54 Å². The Hall–Kier alpha value is -1.62. The van der Waals surface area contributed by atoms with E-state index in [0.717, 1.165) is 12.8 Å². The lowest BCUT2D eigenvalue weighted by Crippen LogP contribution is -2.36. The molecule has 19 heavy (non-hydrogen) atoms. The molecule has 2 rings (SSSR count). The van der Waals surface area contributed by atoms with E-state index in [4.69, 9.17) is 4.74 Å². The SMILES string of the molecule is C[C@@H](O)c1ccc(F)cc1OC1CCCCNC1=O. The predicted molar refractivity (Wildman–Crippen MR) is 68.3 cm³/mol. The van der Waals surface area contributed by atoms with Crippen LogP contribution < -0.4 is 10.1 Å². The Bertz CT molecular complexity index is 462. The molecule has 1 amide bonds. The van der Waals surface area contributed by atoms with Crippen molar-refractivity contribution in [1.82, 2.24) is 5.32 Å². The van der Waals surface area contributed by atoms with Crippen molar-refractivity contribution in [3.8, 4) is 5.75 Å². The molecule has 0 bridgehead atoms. The van der Waals surface area contributed by atoms with Crippen LogP contribution >= 0.6 is 0 Å². The number of nitrogens with one attached hydrogen (secondary N) is 1. The first-order valence-electron chi connectivity index (χ1n) is 6.50. The lowest BCUT2D eigenvalue weighted by atomic mass is 10.1. The quantitative estimate of drug-likeness (QED) is 0.879. The standard InChI is InChI=1S/C14H18FNO3/c1-9(17)11-6-5-10(15)8-13(11)19-12-4-2-3-7-16-14(12)18/h5-6,8-9,12,17H,2-4,7H2,1H3,(H,16,18)/t9-,12?/m1/s1. The average Bonchev–Trinajstić information content (AvgIpc) is 2.55. The van der Waals surface area contributed by atoms with Gasteiger partial charge in [0.25, 0.3) is 5.91 Å². The zero-order chi connectivity index (χ0) is 13.8. The van der Waals surface area contributed by atoms with Gasteiger partial charge >= 0.3 is 0 Å². The molecule has 1 saturated heterocycles. The maximum Gasteiger partial charge on any atom is 0.261 e. The van der Waals surface area contributed by atoms with Crippen LogP contribution in [-0.4, -0.2) is 23.7 Å². The molecule has 0 saturated carbocycles. The van der Waals surface area contributed by atoms with Crippen LogP contribution in [0.25, 0.3) is 0 Å². The molecule has 1 fully saturated rings. The predicted octanol–water partition coefficient (Wildman–Crippen LogP) is 1.93. The molecule has 0 spiro atoms. The topological polar surface area (TPSA) is 58.6 Å². The minimum Gasteiger partial charge on any atom is -0.480 e. The van der Waals surface area contributed by atoms with Gasteiger partial charge in [-0.3, -0.25) is 4.79 Å². The normalized spacial score (nSPS) is 21.4. The Morgan fingerprint density at radius 1 is 1.47 bits per heavy atom. The zero-order valence-electron chi connectivity index (χ0n) is 10.9. The number of rotatable bonds is 3. The number of amides is 1. The first kappa shape index (κ1) is 13.8.